The first-order valence-electron chi connectivity index (χ1n) is 3.69. The minimum absolute atomic E-state index is 0.543. The number of thiophene rings is 1. The van der Waals surface area contributed by atoms with E-state index in [9.17, 15) is 0 Å². The van der Waals surface area contributed by atoms with Crippen LogP contribution in [0, 0.1) is 3.57 Å². The van der Waals surface area contributed by atoms with Crippen LogP contribution in [0.1, 0.15) is 24.3 Å². The standard InChI is InChI=1S/C8H12INS/c1-3-7(10-2)8-6(9)4-5-11-8/h4-5,7,10H,3H2,1-2H3. The molecule has 62 valence electrons. The molecule has 0 bridgehead atoms. The summed E-state index contributed by atoms with van der Waals surface area (Å²) in [5.41, 5.74) is 0. The smallest absolute Gasteiger partial charge is 0.0420 e. The molecule has 0 saturated carbocycles. The molecule has 11 heavy (non-hydrogen) atoms. The summed E-state index contributed by atoms with van der Waals surface area (Å²) in [4.78, 5) is 1.47. The van der Waals surface area contributed by atoms with Crippen molar-refractivity contribution in [3.63, 3.8) is 0 Å². The Balaban J connectivity index is 2.81. The Morgan fingerprint density at radius 2 is 2.45 bits per heavy atom. The fraction of sp³-hybridized carbons (Fsp3) is 0.500. The normalized spacial score (nSPS) is 13.4. The monoisotopic (exact) mass is 281 g/mol. The molecule has 0 aliphatic rings. The van der Waals surface area contributed by atoms with Crippen molar-refractivity contribution in [3.05, 3.63) is 19.9 Å². The first-order valence-corrected chi connectivity index (χ1v) is 5.65. The van der Waals surface area contributed by atoms with Crippen molar-refractivity contribution >= 4 is 33.9 Å². The van der Waals surface area contributed by atoms with Gasteiger partial charge in [-0.15, -0.1) is 11.3 Å². The van der Waals surface area contributed by atoms with Crippen LogP contribution in [0.3, 0.4) is 0 Å². The van der Waals surface area contributed by atoms with Gasteiger partial charge in [-0.25, -0.2) is 0 Å². The van der Waals surface area contributed by atoms with Gasteiger partial charge in [-0.2, -0.15) is 0 Å². The maximum atomic E-state index is 3.30. The van der Waals surface area contributed by atoms with Crippen LogP contribution >= 0.6 is 33.9 Å². The first-order chi connectivity index (χ1) is 5.29. The predicted octanol–water partition coefficient (Wildman–Crippen LogP) is 3.02. The van der Waals surface area contributed by atoms with E-state index in [2.05, 4.69) is 46.3 Å². The van der Waals surface area contributed by atoms with E-state index in [1.165, 1.54) is 8.45 Å². The van der Waals surface area contributed by atoms with E-state index in [1.807, 2.05) is 18.4 Å². The molecule has 0 saturated heterocycles. The van der Waals surface area contributed by atoms with Crippen molar-refractivity contribution in [2.45, 2.75) is 19.4 Å². The summed E-state index contributed by atoms with van der Waals surface area (Å²) in [5.74, 6) is 0. The molecule has 0 amide bonds. The van der Waals surface area contributed by atoms with Crippen molar-refractivity contribution < 1.29 is 0 Å². The summed E-state index contributed by atoms with van der Waals surface area (Å²) in [6, 6.07) is 2.71. The van der Waals surface area contributed by atoms with Crippen LogP contribution in [0.2, 0.25) is 0 Å². The quantitative estimate of drug-likeness (QED) is 0.840. The molecule has 1 nitrogen and oxygen atoms in total. The van der Waals surface area contributed by atoms with Gasteiger partial charge in [0.25, 0.3) is 0 Å². The topological polar surface area (TPSA) is 12.0 Å². The average Bonchev–Trinajstić information content (AvgIpc) is 2.40. The zero-order valence-corrected chi connectivity index (χ0v) is 9.70. The lowest BCUT2D eigenvalue weighted by atomic mass is 10.2. The highest BCUT2D eigenvalue weighted by Crippen LogP contribution is 2.27. The third-order valence-corrected chi connectivity index (χ3v) is 4.06. The highest BCUT2D eigenvalue weighted by Gasteiger charge is 2.10. The summed E-state index contributed by atoms with van der Waals surface area (Å²) in [5, 5.41) is 5.45. The second-order valence-electron chi connectivity index (χ2n) is 2.38. The lowest BCUT2D eigenvalue weighted by Gasteiger charge is -2.11. The van der Waals surface area contributed by atoms with Gasteiger partial charge in [0, 0.05) is 14.5 Å². The third-order valence-electron chi connectivity index (χ3n) is 1.72. The van der Waals surface area contributed by atoms with Crippen molar-refractivity contribution in [3.8, 4) is 0 Å². The van der Waals surface area contributed by atoms with E-state index in [0.29, 0.717) is 6.04 Å². The number of nitrogens with one attached hydrogen (secondary N) is 1. The van der Waals surface area contributed by atoms with Crippen molar-refractivity contribution in [1.29, 1.82) is 0 Å². The molecule has 1 heterocycles. The maximum Gasteiger partial charge on any atom is 0.0420 e. The van der Waals surface area contributed by atoms with Gasteiger partial charge >= 0.3 is 0 Å². The van der Waals surface area contributed by atoms with Crippen LogP contribution in [0.5, 0.6) is 0 Å². The molecule has 0 spiro atoms. The average molecular weight is 281 g/mol. The van der Waals surface area contributed by atoms with Gasteiger partial charge in [0.2, 0.25) is 0 Å². The zero-order valence-electron chi connectivity index (χ0n) is 6.73. The van der Waals surface area contributed by atoms with Gasteiger partial charge < -0.3 is 5.32 Å². The maximum absolute atomic E-state index is 3.30. The second kappa shape index (κ2) is 4.42. The van der Waals surface area contributed by atoms with Crippen LogP contribution < -0.4 is 5.32 Å². The van der Waals surface area contributed by atoms with Gasteiger partial charge in [0.15, 0.2) is 0 Å². The molecule has 0 aliphatic heterocycles. The highest BCUT2D eigenvalue weighted by atomic mass is 127. The lowest BCUT2D eigenvalue weighted by Crippen LogP contribution is -2.14. The highest BCUT2D eigenvalue weighted by molar-refractivity contribution is 14.1. The minimum atomic E-state index is 0.543. The summed E-state index contributed by atoms with van der Waals surface area (Å²) >= 11 is 4.22. The Hall–Kier alpha value is 0.390. The summed E-state index contributed by atoms with van der Waals surface area (Å²) < 4.78 is 1.38. The van der Waals surface area contributed by atoms with E-state index >= 15 is 0 Å². The molecule has 0 aliphatic carbocycles. The van der Waals surface area contributed by atoms with Crippen molar-refractivity contribution in [2.24, 2.45) is 0 Å². The number of rotatable bonds is 3. The largest absolute Gasteiger partial charge is 0.312 e. The Labute approximate surface area is 85.3 Å². The molecule has 3 heteroatoms. The van der Waals surface area contributed by atoms with Crippen molar-refractivity contribution in [2.75, 3.05) is 7.05 Å². The van der Waals surface area contributed by atoms with Crippen molar-refractivity contribution in [1.82, 2.24) is 5.32 Å². The summed E-state index contributed by atoms with van der Waals surface area (Å²) in [6.45, 7) is 2.21. The van der Waals surface area contributed by atoms with Crippen LogP contribution in [0.15, 0.2) is 11.4 Å². The molecule has 0 radical (unpaired) electrons. The molecule has 1 rings (SSSR count). The molecule has 0 fully saturated rings. The predicted molar refractivity (Wildman–Crippen MR) is 59.1 cm³/mol. The number of hydrogen-bond acceptors (Lipinski definition) is 2. The van der Waals surface area contributed by atoms with Crippen LogP contribution in [0.4, 0.5) is 0 Å². The minimum Gasteiger partial charge on any atom is -0.312 e. The van der Waals surface area contributed by atoms with Gasteiger partial charge in [0.1, 0.15) is 0 Å². The van der Waals surface area contributed by atoms with E-state index in [0.717, 1.165) is 6.42 Å². The van der Waals surface area contributed by atoms with Gasteiger partial charge in [-0.05, 0) is 47.5 Å². The molecule has 1 atom stereocenters. The SMILES string of the molecule is CCC(NC)c1sccc1I. The fourth-order valence-electron chi connectivity index (χ4n) is 1.07. The third kappa shape index (κ3) is 2.16. The van der Waals surface area contributed by atoms with Gasteiger partial charge in [0.05, 0.1) is 0 Å². The van der Waals surface area contributed by atoms with E-state index in [-0.39, 0.29) is 0 Å². The molecule has 1 aromatic rings. The van der Waals surface area contributed by atoms with Crippen LogP contribution in [0.25, 0.3) is 0 Å². The molecular formula is C8H12INS. The van der Waals surface area contributed by atoms with Crippen LogP contribution in [-0.4, -0.2) is 7.05 Å². The zero-order chi connectivity index (χ0) is 8.27. The van der Waals surface area contributed by atoms with E-state index in [1.54, 1.807) is 0 Å². The number of hydrogen-bond donors (Lipinski definition) is 1. The molecule has 0 aromatic carbocycles. The molecule has 1 aromatic heterocycles. The number of halogens is 1. The van der Waals surface area contributed by atoms with E-state index < -0.39 is 0 Å². The van der Waals surface area contributed by atoms with Crippen LogP contribution in [-0.2, 0) is 0 Å². The molecule has 1 unspecified atom stereocenters. The van der Waals surface area contributed by atoms with Gasteiger partial charge in [-0.1, -0.05) is 6.92 Å². The summed E-state index contributed by atoms with van der Waals surface area (Å²) in [7, 11) is 2.02. The Morgan fingerprint density at radius 3 is 2.82 bits per heavy atom. The fourth-order valence-corrected chi connectivity index (χ4v) is 3.24. The lowest BCUT2D eigenvalue weighted by molar-refractivity contribution is 0.584. The van der Waals surface area contributed by atoms with E-state index in [4.69, 9.17) is 0 Å². The Bertz CT molecular complexity index is 218. The Morgan fingerprint density at radius 1 is 1.73 bits per heavy atom. The summed E-state index contributed by atoms with van der Waals surface area (Å²) in [6.07, 6.45) is 1.16. The second-order valence-corrected chi connectivity index (χ2v) is 4.49. The van der Waals surface area contributed by atoms with Gasteiger partial charge in [-0.3, -0.25) is 0 Å². The Kier molecular flexibility index (Phi) is 3.81. The first kappa shape index (κ1) is 9.48. The molecular weight excluding hydrogens is 269 g/mol. The molecule has 1 N–H and O–H groups in total.